The highest BCUT2D eigenvalue weighted by molar-refractivity contribution is 5.39. The molecule has 3 unspecified atom stereocenters. The molecule has 0 bridgehead atoms. The van der Waals surface area contributed by atoms with E-state index in [1.165, 1.54) is 12.8 Å². The lowest BCUT2D eigenvalue weighted by molar-refractivity contribution is 0.0896. The van der Waals surface area contributed by atoms with Gasteiger partial charge >= 0.3 is 0 Å². The van der Waals surface area contributed by atoms with E-state index in [-0.39, 0.29) is 0 Å². The number of benzene rings is 1. The van der Waals surface area contributed by atoms with Crippen LogP contribution in [-0.2, 0) is 0 Å². The second-order valence-corrected chi connectivity index (χ2v) is 5.16. The van der Waals surface area contributed by atoms with Crippen LogP contribution in [0.2, 0.25) is 0 Å². The molecule has 3 nitrogen and oxygen atoms in total. The zero-order valence-corrected chi connectivity index (χ0v) is 11.3. The minimum Gasteiger partial charge on any atom is -0.497 e. The fraction of sp³-hybridized carbons (Fsp3) is 0.600. The van der Waals surface area contributed by atoms with Crippen LogP contribution >= 0.6 is 0 Å². The summed E-state index contributed by atoms with van der Waals surface area (Å²) in [6, 6.07) is 5.63. The molecule has 3 atom stereocenters. The molecular weight excluding hydrogens is 228 g/mol. The van der Waals surface area contributed by atoms with Gasteiger partial charge in [0.1, 0.15) is 11.5 Å². The number of aliphatic hydroxyl groups excluding tert-OH is 1. The van der Waals surface area contributed by atoms with Gasteiger partial charge in [0.2, 0.25) is 0 Å². The Morgan fingerprint density at radius 1 is 1.11 bits per heavy atom. The fourth-order valence-corrected chi connectivity index (χ4v) is 2.89. The lowest BCUT2D eigenvalue weighted by atomic mass is 9.88. The summed E-state index contributed by atoms with van der Waals surface area (Å²) >= 11 is 0. The summed E-state index contributed by atoms with van der Waals surface area (Å²) in [5, 5.41) is 10.5. The number of rotatable bonds is 4. The molecule has 0 amide bonds. The maximum absolute atomic E-state index is 10.5. The molecule has 100 valence electrons. The van der Waals surface area contributed by atoms with E-state index >= 15 is 0 Å². The summed E-state index contributed by atoms with van der Waals surface area (Å²) in [5.41, 5.74) is 0.893. The Labute approximate surface area is 109 Å². The molecule has 1 aliphatic rings. The molecule has 18 heavy (non-hydrogen) atoms. The van der Waals surface area contributed by atoms with Crippen LogP contribution in [0.15, 0.2) is 18.2 Å². The van der Waals surface area contributed by atoms with Crippen molar-refractivity contribution in [2.75, 3.05) is 14.2 Å². The lowest BCUT2D eigenvalue weighted by Crippen LogP contribution is -2.15. The van der Waals surface area contributed by atoms with Gasteiger partial charge in [-0.05, 0) is 36.0 Å². The molecule has 1 N–H and O–H groups in total. The minimum absolute atomic E-state index is 0.349. The first kappa shape index (κ1) is 13.2. The number of ether oxygens (including phenoxy) is 2. The summed E-state index contributed by atoms with van der Waals surface area (Å²) < 4.78 is 10.5. The van der Waals surface area contributed by atoms with Crippen molar-refractivity contribution in [3.63, 3.8) is 0 Å². The van der Waals surface area contributed by atoms with Gasteiger partial charge < -0.3 is 14.6 Å². The third-order valence-corrected chi connectivity index (χ3v) is 4.05. The Kier molecular flexibility index (Phi) is 4.12. The van der Waals surface area contributed by atoms with Crippen LogP contribution in [0.25, 0.3) is 0 Å². The van der Waals surface area contributed by atoms with Crippen LogP contribution in [0.3, 0.4) is 0 Å². The second kappa shape index (κ2) is 5.61. The zero-order chi connectivity index (χ0) is 13.1. The van der Waals surface area contributed by atoms with E-state index in [1.54, 1.807) is 14.2 Å². The third-order valence-electron chi connectivity index (χ3n) is 4.05. The van der Waals surface area contributed by atoms with Crippen LogP contribution in [0.4, 0.5) is 0 Å². The van der Waals surface area contributed by atoms with Crippen molar-refractivity contribution in [2.24, 2.45) is 11.8 Å². The quantitative estimate of drug-likeness (QED) is 0.892. The Bertz CT molecular complexity index is 380. The van der Waals surface area contributed by atoms with Crippen molar-refractivity contribution in [1.82, 2.24) is 0 Å². The number of aliphatic hydroxyl groups is 1. The van der Waals surface area contributed by atoms with Crippen LogP contribution in [0.1, 0.15) is 37.9 Å². The molecule has 1 aromatic carbocycles. The summed E-state index contributed by atoms with van der Waals surface area (Å²) in [4.78, 5) is 0. The van der Waals surface area contributed by atoms with Crippen LogP contribution in [-0.4, -0.2) is 19.3 Å². The van der Waals surface area contributed by atoms with Gasteiger partial charge in [-0.25, -0.2) is 0 Å². The monoisotopic (exact) mass is 250 g/mol. The van der Waals surface area contributed by atoms with Crippen LogP contribution < -0.4 is 9.47 Å². The first-order valence-electron chi connectivity index (χ1n) is 6.56. The van der Waals surface area contributed by atoms with E-state index in [9.17, 15) is 5.11 Å². The van der Waals surface area contributed by atoms with Crippen molar-refractivity contribution >= 4 is 0 Å². The van der Waals surface area contributed by atoms with E-state index in [2.05, 4.69) is 6.92 Å². The first-order chi connectivity index (χ1) is 8.65. The SMILES string of the molecule is COc1cc(OC)cc(C(O)C2CCCC2C)c1. The van der Waals surface area contributed by atoms with Crippen molar-refractivity contribution in [3.05, 3.63) is 23.8 Å². The van der Waals surface area contributed by atoms with E-state index in [4.69, 9.17) is 9.47 Å². The minimum atomic E-state index is -0.425. The highest BCUT2D eigenvalue weighted by atomic mass is 16.5. The molecule has 0 saturated heterocycles. The smallest absolute Gasteiger partial charge is 0.122 e. The molecule has 1 saturated carbocycles. The van der Waals surface area contributed by atoms with Gasteiger partial charge in [-0.15, -0.1) is 0 Å². The topological polar surface area (TPSA) is 38.7 Å². The molecule has 0 heterocycles. The number of hydrogen-bond donors (Lipinski definition) is 1. The molecular formula is C15H22O3. The van der Waals surface area contributed by atoms with E-state index in [0.717, 1.165) is 23.5 Å². The molecule has 1 fully saturated rings. The van der Waals surface area contributed by atoms with Crippen LogP contribution in [0.5, 0.6) is 11.5 Å². The fourth-order valence-electron chi connectivity index (χ4n) is 2.89. The molecule has 1 aromatic rings. The first-order valence-corrected chi connectivity index (χ1v) is 6.56. The van der Waals surface area contributed by atoms with E-state index < -0.39 is 6.10 Å². The molecule has 0 aromatic heterocycles. The second-order valence-electron chi connectivity index (χ2n) is 5.16. The maximum Gasteiger partial charge on any atom is 0.122 e. The van der Waals surface area contributed by atoms with Crippen molar-refractivity contribution in [2.45, 2.75) is 32.3 Å². The molecule has 2 rings (SSSR count). The summed E-state index contributed by atoms with van der Waals surface area (Å²) in [5.74, 6) is 2.39. The van der Waals surface area contributed by atoms with Gasteiger partial charge in [-0.1, -0.05) is 19.8 Å². The normalized spacial score (nSPS) is 24.9. The largest absolute Gasteiger partial charge is 0.497 e. The van der Waals surface area contributed by atoms with E-state index in [0.29, 0.717) is 11.8 Å². The highest BCUT2D eigenvalue weighted by Gasteiger charge is 2.31. The van der Waals surface area contributed by atoms with Crippen molar-refractivity contribution in [1.29, 1.82) is 0 Å². The molecule has 0 aliphatic heterocycles. The molecule has 1 aliphatic carbocycles. The predicted octanol–water partition coefficient (Wildman–Crippen LogP) is 3.17. The highest BCUT2D eigenvalue weighted by Crippen LogP contribution is 2.41. The van der Waals surface area contributed by atoms with Crippen molar-refractivity contribution in [3.8, 4) is 11.5 Å². The summed E-state index contributed by atoms with van der Waals surface area (Å²) in [6.07, 6.45) is 3.10. The molecule has 0 spiro atoms. The van der Waals surface area contributed by atoms with Gasteiger partial charge in [0.25, 0.3) is 0 Å². The number of methoxy groups -OCH3 is 2. The van der Waals surface area contributed by atoms with Crippen LogP contribution in [0, 0.1) is 11.8 Å². The Morgan fingerprint density at radius 3 is 2.17 bits per heavy atom. The number of hydrogen-bond acceptors (Lipinski definition) is 3. The average Bonchev–Trinajstić information content (AvgIpc) is 2.83. The lowest BCUT2D eigenvalue weighted by Gasteiger charge is -2.23. The third kappa shape index (κ3) is 2.61. The van der Waals surface area contributed by atoms with Gasteiger partial charge in [0.05, 0.1) is 20.3 Å². The molecule has 3 heteroatoms. The average molecular weight is 250 g/mol. The van der Waals surface area contributed by atoms with Crippen molar-refractivity contribution < 1.29 is 14.6 Å². The van der Waals surface area contributed by atoms with Gasteiger partial charge in [0, 0.05) is 6.07 Å². The molecule has 0 radical (unpaired) electrons. The standard InChI is InChI=1S/C15H22O3/c1-10-5-4-6-14(10)15(16)11-7-12(17-2)9-13(8-11)18-3/h7-10,14-16H,4-6H2,1-3H3. The zero-order valence-electron chi connectivity index (χ0n) is 11.3. The summed E-state index contributed by atoms with van der Waals surface area (Å²) in [6.45, 7) is 2.22. The van der Waals surface area contributed by atoms with Gasteiger partial charge in [0.15, 0.2) is 0 Å². The Morgan fingerprint density at radius 2 is 1.72 bits per heavy atom. The maximum atomic E-state index is 10.5. The van der Waals surface area contributed by atoms with E-state index in [1.807, 2.05) is 18.2 Å². The predicted molar refractivity (Wildman–Crippen MR) is 71.0 cm³/mol. The van der Waals surface area contributed by atoms with Gasteiger partial charge in [-0.2, -0.15) is 0 Å². The van der Waals surface area contributed by atoms with Gasteiger partial charge in [-0.3, -0.25) is 0 Å². The Hall–Kier alpha value is -1.22. The Balaban J connectivity index is 2.25. The summed E-state index contributed by atoms with van der Waals surface area (Å²) in [7, 11) is 3.26.